The molecule has 4 rings (SSSR count). The molecule has 8 heteroatoms. The number of nitrogens with zero attached hydrogens (tertiary/aromatic N) is 3. The first-order valence-electron chi connectivity index (χ1n) is 13.6. The Morgan fingerprint density at radius 3 is 2.69 bits per heavy atom. The topological polar surface area (TPSA) is 110 Å². The highest BCUT2D eigenvalue weighted by atomic mass is 16.5. The van der Waals surface area contributed by atoms with Crippen LogP contribution in [0.5, 0.6) is 5.75 Å². The summed E-state index contributed by atoms with van der Waals surface area (Å²) in [6, 6.07) is 14.5. The number of carbonyl (C=O) groups is 1. The van der Waals surface area contributed by atoms with E-state index >= 15 is 0 Å². The molecule has 8 nitrogen and oxygen atoms in total. The highest BCUT2D eigenvalue weighted by Gasteiger charge is 2.39. The Labute approximate surface area is 232 Å². The lowest BCUT2D eigenvalue weighted by atomic mass is 9.69. The largest absolute Gasteiger partial charge is 0.490 e. The van der Waals surface area contributed by atoms with Gasteiger partial charge in [-0.2, -0.15) is 0 Å². The second kappa shape index (κ2) is 11.6. The molecule has 0 aliphatic carbocycles. The molecular formula is C31H42N6O2. The van der Waals surface area contributed by atoms with Crippen molar-refractivity contribution in [3.05, 3.63) is 82.2 Å². The normalized spacial score (nSPS) is 14.6. The van der Waals surface area contributed by atoms with E-state index < -0.39 is 5.41 Å². The van der Waals surface area contributed by atoms with Gasteiger partial charge in [-0.05, 0) is 66.8 Å². The Morgan fingerprint density at radius 2 is 2.00 bits per heavy atom. The van der Waals surface area contributed by atoms with Gasteiger partial charge in [0.15, 0.2) is 0 Å². The molecular weight excluding hydrogens is 488 g/mol. The van der Waals surface area contributed by atoms with Crippen molar-refractivity contribution in [3.63, 3.8) is 0 Å². The Morgan fingerprint density at radius 1 is 1.23 bits per heavy atom. The molecule has 1 atom stereocenters. The maximum absolute atomic E-state index is 12.9. The maximum atomic E-state index is 12.9. The zero-order valence-electron chi connectivity index (χ0n) is 24.0. The smallest absolute Gasteiger partial charge is 0.224 e. The van der Waals surface area contributed by atoms with Crippen LogP contribution in [-0.4, -0.2) is 42.5 Å². The molecule has 3 aromatic rings. The highest BCUT2D eigenvalue weighted by molar-refractivity contribution is 5.83. The third-order valence-corrected chi connectivity index (χ3v) is 8.04. The van der Waals surface area contributed by atoms with Crippen molar-refractivity contribution in [2.24, 2.45) is 17.0 Å². The Kier molecular flexibility index (Phi) is 8.47. The molecule has 1 aromatic heterocycles. The van der Waals surface area contributed by atoms with Crippen LogP contribution in [0.4, 0.5) is 11.4 Å². The molecule has 5 N–H and O–H groups in total. The van der Waals surface area contributed by atoms with E-state index in [1.165, 1.54) is 11.1 Å². The number of carbonyl (C=O) groups excluding carboxylic acids is 1. The van der Waals surface area contributed by atoms with Gasteiger partial charge in [-0.3, -0.25) is 14.7 Å². The molecule has 2 heterocycles. The lowest BCUT2D eigenvalue weighted by Gasteiger charge is -2.35. The first-order valence-corrected chi connectivity index (χ1v) is 13.6. The predicted molar refractivity (Wildman–Crippen MR) is 158 cm³/mol. The highest BCUT2D eigenvalue weighted by Crippen LogP contribution is 2.45. The summed E-state index contributed by atoms with van der Waals surface area (Å²) < 4.78 is 5.93. The number of nitrogens with two attached hydrogens (primary N) is 2. The molecule has 0 saturated heterocycles. The second-order valence-electron chi connectivity index (χ2n) is 10.9. The number of hydrazine groups is 1. The van der Waals surface area contributed by atoms with E-state index in [9.17, 15) is 4.79 Å². The molecule has 39 heavy (non-hydrogen) atoms. The Bertz CT molecular complexity index is 1340. The summed E-state index contributed by atoms with van der Waals surface area (Å²) in [6.07, 6.45) is 1.81. The minimum atomic E-state index is -0.837. The average Bonchev–Trinajstić information content (AvgIpc) is 3.12. The zero-order valence-corrected chi connectivity index (χ0v) is 24.0. The van der Waals surface area contributed by atoms with Crippen molar-refractivity contribution in [1.29, 1.82) is 0 Å². The van der Waals surface area contributed by atoms with Crippen LogP contribution >= 0.6 is 0 Å². The van der Waals surface area contributed by atoms with Gasteiger partial charge in [0.2, 0.25) is 5.91 Å². The van der Waals surface area contributed by atoms with Gasteiger partial charge in [-0.1, -0.05) is 38.1 Å². The van der Waals surface area contributed by atoms with Crippen molar-refractivity contribution in [2.75, 3.05) is 37.1 Å². The molecule has 208 valence electrons. The quantitative estimate of drug-likeness (QED) is 0.276. The van der Waals surface area contributed by atoms with Crippen LogP contribution in [-0.2, 0) is 17.9 Å². The number of anilines is 2. The van der Waals surface area contributed by atoms with Crippen molar-refractivity contribution >= 4 is 17.3 Å². The molecule has 0 fully saturated rings. The Hall–Kier alpha value is -3.62. The fourth-order valence-corrected chi connectivity index (χ4v) is 5.54. The molecule has 0 radical (unpaired) electrons. The van der Waals surface area contributed by atoms with Crippen LogP contribution < -0.4 is 26.6 Å². The molecule has 1 aliphatic rings. The molecule has 1 aliphatic heterocycles. The van der Waals surface area contributed by atoms with Crippen molar-refractivity contribution in [2.45, 2.75) is 53.6 Å². The summed E-state index contributed by atoms with van der Waals surface area (Å²) in [7, 11) is 1.90. The number of primary amides is 1. The second-order valence-corrected chi connectivity index (χ2v) is 10.9. The maximum Gasteiger partial charge on any atom is 0.224 e. The van der Waals surface area contributed by atoms with Gasteiger partial charge >= 0.3 is 0 Å². The molecule has 1 unspecified atom stereocenters. The lowest BCUT2D eigenvalue weighted by Crippen LogP contribution is -2.38. The minimum absolute atomic E-state index is 0.252. The van der Waals surface area contributed by atoms with Gasteiger partial charge < -0.3 is 20.8 Å². The van der Waals surface area contributed by atoms with E-state index in [1.807, 2.05) is 52.2 Å². The third-order valence-electron chi connectivity index (χ3n) is 8.04. The van der Waals surface area contributed by atoms with Gasteiger partial charge in [0.05, 0.1) is 22.5 Å². The Balaban J connectivity index is 1.77. The molecule has 2 aromatic carbocycles. The summed E-state index contributed by atoms with van der Waals surface area (Å²) in [4.78, 5) is 19.8. The number of hydrogen-bond donors (Lipinski definition) is 3. The van der Waals surface area contributed by atoms with Crippen LogP contribution in [0, 0.1) is 19.3 Å². The molecule has 0 saturated carbocycles. The third kappa shape index (κ3) is 5.72. The van der Waals surface area contributed by atoms with E-state index in [4.69, 9.17) is 16.3 Å². The number of rotatable bonds is 9. The molecule has 0 bridgehead atoms. The number of ether oxygens (including phenoxy) is 1. The number of nitrogens with one attached hydrogen (secondary N) is 1. The monoisotopic (exact) mass is 530 g/mol. The molecule has 0 spiro atoms. The number of benzene rings is 2. The van der Waals surface area contributed by atoms with E-state index in [-0.39, 0.29) is 11.8 Å². The summed E-state index contributed by atoms with van der Waals surface area (Å²) in [5.41, 5.74) is 13.6. The fourth-order valence-electron chi connectivity index (χ4n) is 5.54. The summed E-state index contributed by atoms with van der Waals surface area (Å²) in [5, 5.41) is 5.05. The van der Waals surface area contributed by atoms with Gasteiger partial charge in [0, 0.05) is 45.3 Å². The lowest BCUT2D eigenvalue weighted by molar-refractivity contribution is -0.126. The fraction of sp³-hybridized carbons (Fsp3) is 0.419. The molecule has 1 amide bonds. The van der Waals surface area contributed by atoms with Crippen LogP contribution in [0.15, 0.2) is 48.7 Å². The minimum Gasteiger partial charge on any atom is -0.490 e. The van der Waals surface area contributed by atoms with Gasteiger partial charge in [-0.15, -0.1) is 0 Å². The number of aryl methyl sites for hydroxylation is 1. The SMILES string of the molecule is CCN(N)c1ccc(C(c2ccc(C)c(CN3CCOc4cccnc4C3)c2)C(C)(C)C(N)=O)c(C)c1NC. The van der Waals surface area contributed by atoms with E-state index in [0.717, 1.165) is 59.1 Å². The zero-order chi connectivity index (χ0) is 28.3. The van der Waals surface area contributed by atoms with Crippen LogP contribution in [0.3, 0.4) is 0 Å². The number of hydrogen-bond acceptors (Lipinski definition) is 7. The summed E-state index contributed by atoms with van der Waals surface area (Å²) in [6.45, 7) is 13.6. The predicted octanol–water partition coefficient (Wildman–Crippen LogP) is 4.48. The first-order chi connectivity index (χ1) is 18.6. The number of pyridine rings is 1. The van der Waals surface area contributed by atoms with E-state index in [0.29, 0.717) is 13.2 Å². The number of amides is 1. The van der Waals surface area contributed by atoms with Crippen molar-refractivity contribution in [1.82, 2.24) is 9.88 Å². The van der Waals surface area contributed by atoms with E-state index in [1.54, 1.807) is 5.01 Å². The van der Waals surface area contributed by atoms with Crippen molar-refractivity contribution < 1.29 is 9.53 Å². The first kappa shape index (κ1) is 28.4. The van der Waals surface area contributed by atoms with Gasteiger partial charge in [0.1, 0.15) is 12.4 Å². The summed E-state index contributed by atoms with van der Waals surface area (Å²) in [5.74, 6) is 6.54. The average molecular weight is 531 g/mol. The number of aromatic nitrogens is 1. The van der Waals surface area contributed by atoms with Gasteiger partial charge in [0.25, 0.3) is 0 Å². The standard InChI is InChI=1S/C31H42N6O2/c1-7-37(33)26-13-12-24(21(3)29(26)34-6)28(31(4,5)30(32)38)22-11-10-20(2)23(17-22)18-36-15-16-39-27-9-8-14-35-25(27)19-36/h8-14,17,28,34H,7,15-16,18-19,33H2,1-6H3,(H2,32,38). The van der Waals surface area contributed by atoms with Crippen molar-refractivity contribution in [3.8, 4) is 5.75 Å². The van der Waals surface area contributed by atoms with Gasteiger partial charge in [-0.25, -0.2) is 5.84 Å². The van der Waals surface area contributed by atoms with Crippen LogP contribution in [0.1, 0.15) is 60.2 Å². The summed E-state index contributed by atoms with van der Waals surface area (Å²) >= 11 is 0. The number of fused-ring (bicyclic) bond motifs is 1. The van der Waals surface area contributed by atoms with Crippen LogP contribution in [0.25, 0.3) is 0 Å². The van der Waals surface area contributed by atoms with Crippen LogP contribution in [0.2, 0.25) is 0 Å². The van der Waals surface area contributed by atoms with E-state index in [2.05, 4.69) is 53.3 Å².